The average molecular weight is 853 g/mol. The van der Waals surface area contributed by atoms with Gasteiger partial charge in [-0.3, -0.25) is 0 Å². The number of methoxy groups -OCH3 is 4. The second-order valence-electron chi connectivity index (χ2n) is 17.6. The highest BCUT2D eigenvalue weighted by molar-refractivity contribution is 5.14. The standard InChI is InChI=1S/C15H24O4.C12H22O3.C8H16O4.C7H14O4.2CH4/c1-17-6-10(16)7-18-5-9-2-8-3-11(9)12-4-13-15(19-13)14(8)12;1-14-7-12(13)8-15-6-9-2-3-10-5-11(10)4-9;1-6-8(12-6)5-11-4-7(9)3-10-2;1-9-2-6(8)3-10-4-7-5-11-7;;/h8-16H,2-7H2,1H3;9-13H,2-8H2,1H3;6-9H,3-5H2,1-2H3;6-8H,2-5H2,1H3;2*1H4. The minimum atomic E-state index is -0.524. The van der Waals surface area contributed by atoms with Crippen LogP contribution < -0.4 is 0 Å². The molecule has 2 bridgehead atoms. The van der Waals surface area contributed by atoms with E-state index in [0.717, 1.165) is 67.2 Å². The zero-order valence-electron chi connectivity index (χ0n) is 35.2. The van der Waals surface area contributed by atoms with E-state index in [1.165, 1.54) is 44.9 Å². The predicted molar refractivity (Wildman–Crippen MR) is 221 cm³/mol. The van der Waals surface area contributed by atoms with Crippen LogP contribution in [0, 0.1) is 47.3 Å². The normalized spacial score (nSPS) is 36.5. The van der Waals surface area contributed by atoms with Gasteiger partial charge in [0.15, 0.2) is 0 Å². The highest BCUT2D eigenvalue weighted by Crippen LogP contribution is 2.65. The second-order valence-corrected chi connectivity index (χ2v) is 17.6. The maximum Gasteiger partial charge on any atom is 0.107 e. The van der Waals surface area contributed by atoms with Gasteiger partial charge in [-0.25, -0.2) is 0 Å². The lowest BCUT2D eigenvalue weighted by Crippen LogP contribution is -2.31. The lowest BCUT2D eigenvalue weighted by Gasteiger charge is -2.32. The van der Waals surface area contributed by atoms with E-state index in [2.05, 4.69) is 0 Å². The quantitative estimate of drug-likeness (QED) is 0.104. The number of epoxide rings is 3. The first-order valence-corrected chi connectivity index (χ1v) is 21.5. The Bertz CT molecular complexity index is 1090. The van der Waals surface area contributed by atoms with Gasteiger partial charge in [0.2, 0.25) is 0 Å². The van der Waals surface area contributed by atoms with Crippen molar-refractivity contribution in [2.45, 2.75) is 122 Å². The Morgan fingerprint density at radius 2 is 1.07 bits per heavy atom. The Balaban J connectivity index is 0.000000213. The molecular weight excluding hydrogens is 768 g/mol. The largest absolute Gasteiger partial charge is 0.388 e. The van der Waals surface area contributed by atoms with Crippen LogP contribution in [-0.2, 0) is 52.1 Å². The van der Waals surface area contributed by atoms with Gasteiger partial charge >= 0.3 is 0 Å². The molecule has 3 heterocycles. The average Bonchev–Trinajstić information content (AvgIpc) is 4.11. The van der Waals surface area contributed by atoms with Gasteiger partial charge in [-0.05, 0) is 99.2 Å². The summed E-state index contributed by atoms with van der Waals surface area (Å²) in [6, 6.07) is 0. The molecule has 15 nitrogen and oxygen atoms in total. The van der Waals surface area contributed by atoms with Gasteiger partial charge in [-0.2, -0.15) is 0 Å². The van der Waals surface area contributed by atoms with E-state index in [1.807, 2.05) is 6.92 Å². The third kappa shape index (κ3) is 18.6. The summed E-state index contributed by atoms with van der Waals surface area (Å²) >= 11 is 0. The molecule has 8 aliphatic rings. The van der Waals surface area contributed by atoms with Gasteiger partial charge in [0.25, 0.3) is 0 Å². The number of rotatable bonds is 24. The predicted octanol–water partition coefficient (Wildman–Crippen LogP) is 3.00. The van der Waals surface area contributed by atoms with Crippen molar-refractivity contribution in [2.75, 3.05) is 114 Å². The molecule has 8 fully saturated rings. The smallest absolute Gasteiger partial charge is 0.107 e. The van der Waals surface area contributed by atoms with Crippen molar-refractivity contribution in [1.82, 2.24) is 0 Å². The highest BCUT2D eigenvalue weighted by Gasteiger charge is 2.66. The molecule has 5 aliphatic carbocycles. The summed E-state index contributed by atoms with van der Waals surface area (Å²) in [6.45, 7) is 8.44. The van der Waals surface area contributed by atoms with Crippen molar-refractivity contribution in [1.29, 1.82) is 0 Å². The summed E-state index contributed by atoms with van der Waals surface area (Å²) in [6.07, 6.45) is 9.64. The molecule has 59 heavy (non-hydrogen) atoms. The molecular formula is C44H84O15. The number of aliphatic hydroxyl groups excluding tert-OH is 4. The second kappa shape index (κ2) is 27.6. The number of fused-ring (bicyclic) bond motifs is 8. The first kappa shape index (κ1) is 52.7. The van der Waals surface area contributed by atoms with Crippen LogP contribution in [0.25, 0.3) is 0 Å². The third-order valence-electron chi connectivity index (χ3n) is 12.7. The number of ether oxygens (including phenoxy) is 11. The summed E-state index contributed by atoms with van der Waals surface area (Å²) in [5.74, 6) is 7.08. The van der Waals surface area contributed by atoms with Crippen LogP contribution >= 0.6 is 0 Å². The minimum Gasteiger partial charge on any atom is -0.388 e. The van der Waals surface area contributed by atoms with E-state index in [-0.39, 0.29) is 27.1 Å². The zero-order chi connectivity index (χ0) is 40.7. The van der Waals surface area contributed by atoms with Crippen LogP contribution in [0.1, 0.15) is 66.7 Å². The summed E-state index contributed by atoms with van der Waals surface area (Å²) < 4.78 is 56.5. The van der Waals surface area contributed by atoms with Gasteiger partial charge < -0.3 is 72.5 Å². The summed E-state index contributed by atoms with van der Waals surface area (Å²) in [5, 5.41) is 37.2. The number of hydrogen-bond acceptors (Lipinski definition) is 15. The highest BCUT2D eigenvalue weighted by atomic mass is 16.6. The molecule has 0 radical (unpaired) electrons. The van der Waals surface area contributed by atoms with Crippen molar-refractivity contribution < 1.29 is 72.5 Å². The Hall–Kier alpha value is -0.600. The first-order chi connectivity index (χ1) is 27.6. The molecule has 4 N–H and O–H groups in total. The molecule has 15 heteroatoms. The van der Waals surface area contributed by atoms with Crippen molar-refractivity contribution in [3.63, 3.8) is 0 Å². The fraction of sp³-hybridized carbons (Fsp3) is 1.00. The molecule has 3 aliphatic heterocycles. The van der Waals surface area contributed by atoms with Crippen molar-refractivity contribution in [3.05, 3.63) is 0 Å². The fourth-order valence-electron chi connectivity index (χ4n) is 9.68. The van der Waals surface area contributed by atoms with Crippen LogP contribution in [0.4, 0.5) is 0 Å². The van der Waals surface area contributed by atoms with Crippen molar-refractivity contribution in [2.24, 2.45) is 47.3 Å². The van der Waals surface area contributed by atoms with Crippen LogP contribution in [-0.4, -0.2) is 190 Å². The lowest BCUT2D eigenvalue weighted by molar-refractivity contribution is -0.0272. The Kier molecular flexibility index (Phi) is 24.6. The van der Waals surface area contributed by atoms with E-state index >= 15 is 0 Å². The van der Waals surface area contributed by atoms with Crippen LogP contribution in [0.5, 0.6) is 0 Å². The zero-order valence-corrected chi connectivity index (χ0v) is 35.2. The van der Waals surface area contributed by atoms with Gasteiger partial charge in [-0.1, -0.05) is 14.9 Å². The van der Waals surface area contributed by atoms with E-state index in [9.17, 15) is 10.2 Å². The minimum absolute atomic E-state index is 0. The number of hydrogen-bond donors (Lipinski definition) is 4. The summed E-state index contributed by atoms with van der Waals surface area (Å²) in [4.78, 5) is 0. The van der Waals surface area contributed by atoms with E-state index in [4.69, 9.17) is 62.3 Å². The summed E-state index contributed by atoms with van der Waals surface area (Å²) in [5.41, 5.74) is 0. The Morgan fingerprint density at radius 1 is 0.542 bits per heavy atom. The van der Waals surface area contributed by atoms with Crippen LogP contribution in [0.3, 0.4) is 0 Å². The van der Waals surface area contributed by atoms with Crippen LogP contribution in [0.15, 0.2) is 0 Å². The molecule has 17 unspecified atom stereocenters. The monoisotopic (exact) mass is 853 g/mol. The molecule has 8 rings (SSSR count). The Labute approximate surface area is 355 Å². The molecule has 0 aromatic carbocycles. The maximum atomic E-state index is 9.58. The SMILES string of the molecule is C.C.COCC(O)COCC1CC2CC1C1CC3OC3C21.COCC(O)COCC1CCC2CC2C1.COCC(O)COCC1CO1.COCC(O)COCC1OC1C. The third-order valence-corrected chi connectivity index (χ3v) is 12.7. The Morgan fingerprint density at radius 3 is 1.58 bits per heavy atom. The molecule has 0 amide bonds. The van der Waals surface area contributed by atoms with Crippen LogP contribution in [0.2, 0.25) is 0 Å². The van der Waals surface area contributed by atoms with E-state index in [0.29, 0.717) is 84.4 Å². The lowest BCUT2D eigenvalue weighted by atomic mass is 9.75. The molecule has 5 saturated carbocycles. The fourth-order valence-corrected chi connectivity index (χ4v) is 9.68. The molecule has 0 aromatic heterocycles. The molecule has 350 valence electrons. The van der Waals surface area contributed by atoms with Gasteiger partial charge in [0.05, 0.1) is 91.0 Å². The van der Waals surface area contributed by atoms with Gasteiger partial charge in [-0.15, -0.1) is 0 Å². The van der Waals surface area contributed by atoms with E-state index in [1.54, 1.807) is 28.4 Å². The topological polar surface area (TPSA) is 192 Å². The van der Waals surface area contributed by atoms with Crippen molar-refractivity contribution in [3.8, 4) is 0 Å². The number of aliphatic hydroxyl groups is 4. The molecule has 0 spiro atoms. The molecule has 0 aromatic rings. The summed E-state index contributed by atoms with van der Waals surface area (Å²) in [7, 11) is 6.30. The van der Waals surface area contributed by atoms with Crippen molar-refractivity contribution >= 4 is 0 Å². The van der Waals surface area contributed by atoms with Gasteiger partial charge in [0.1, 0.15) is 36.6 Å². The van der Waals surface area contributed by atoms with E-state index < -0.39 is 24.4 Å². The first-order valence-electron chi connectivity index (χ1n) is 21.5. The maximum absolute atomic E-state index is 9.58. The molecule has 17 atom stereocenters. The van der Waals surface area contributed by atoms with Gasteiger partial charge in [0, 0.05) is 41.7 Å². The molecule has 3 saturated heterocycles.